The van der Waals surface area contributed by atoms with Gasteiger partial charge in [-0.05, 0) is 29.3 Å². The van der Waals surface area contributed by atoms with Gasteiger partial charge in [0.25, 0.3) is 0 Å². The van der Waals surface area contributed by atoms with Gasteiger partial charge in [0.05, 0.1) is 5.92 Å². The van der Waals surface area contributed by atoms with Crippen LogP contribution in [0, 0.1) is 17.1 Å². The van der Waals surface area contributed by atoms with Crippen molar-refractivity contribution in [2.45, 2.75) is 5.92 Å². The van der Waals surface area contributed by atoms with Gasteiger partial charge in [-0.3, -0.25) is 0 Å². The van der Waals surface area contributed by atoms with Crippen LogP contribution in [-0.4, -0.2) is 6.21 Å². The smallest absolute Gasteiger partial charge is 0.234 e. The summed E-state index contributed by atoms with van der Waals surface area (Å²) in [4.78, 5) is 4.53. The van der Waals surface area contributed by atoms with E-state index in [4.69, 9.17) is 16.3 Å². The predicted molar refractivity (Wildman–Crippen MR) is 125 cm³/mol. The molecule has 154 valence electrons. The quantitative estimate of drug-likeness (QED) is 0.323. The molecule has 32 heavy (non-hydrogen) atoms. The standard InChI is InChI=1S/C27H16ClFN2O/c28-24-14-22-25(18-10-12-19(29)13-11-18)23(15-30)27(31-16-17-6-2-1-3-7-17)32-26(22)21-9-5-4-8-20(21)24/h1-14,16,25H/b31-16+. The second-order valence-electron chi connectivity index (χ2n) is 7.41. The van der Waals surface area contributed by atoms with E-state index in [0.717, 1.165) is 27.5 Å². The highest BCUT2D eigenvalue weighted by molar-refractivity contribution is 6.36. The van der Waals surface area contributed by atoms with Crippen molar-refractivity contribution in [2.75, 3.05) is 0 Å². The van der Waals surface area contributed by atoms with Gasteiger partial charge >= 0.3 is 0 Å². The number of nitrogens with zero attached hydrogens (tertiary/aromatic N) is 2. The van der Waals surface area contributed by atoms with Gasteiger partial charge in [-0.1, -0.05) is 78.3 Å². The van der Waals surface area contributed by atoms with Crippen LogP contribution in [-0.2, 0) is 0 Å². The minimum Gasteiger partial charge on any atom is -0.437 e. The molecule has 0 saturated carbocycles. The first-order valence-electron chi connectivity index (χ1n) is 10.0. The highest BCUT2D eigenvalue weighted by atomic mass is 35.5. The third-order valence-corrected chi connectivity index (χ3v) is 5.77. The number of rotatable bonds is 3. The summed E-state index contributed by atoms with van der Waals surface area (Å²) in [6.45, 7) is 0. The summed E-state index contributed by atoms with van der Waals surface area (Å²) < 4.78 is 19.9. The maximum atomic E-state index is 13.6. The summed E-state index contributed by atoms with van der Waals surface area (Å²) in [6, 6.07) is 27.4. The van der Waals surface area contributed by atoms with E-state index in [1.807, 2.05) is 60.7 Å². The molecule has 4 aromatic rings. The number of nitriles is 1. The van der Waals surface area contributed by atoms with E-state index in [9.17, 15) is 9.65 Å². The zero-order chi connectivity index (χ0) is 22.1. The van der Waals surface area contributed by atoms with Gasteiger partial charge in [-0.2, -0.15) is 5.26 Å². The Morgan fingerprint density at radius 1 is 0.938 bits per heavy atom. The monoisotopic (exact) mass is 438 g/mol. The van der Waals surface area contributed by atoms with Crippen LogP contribution in [0.4, 0.5) is 4.39 Å². The Hall–Kier alpha value is -3.94. The van der Waals surface area contributed by atoms with Crippen LogP contribution in [0.15, 0.2) is 101 Å². The highest BCUT2D eigenvalue weighted by Crippen LogP contribution is 2.48. The summed E-state index contributed by atoms with van der Waals surface area (Å²) >= 11 is 6.60. The van der Waals surface area contributed by atoms with Crippen molar-refractivity contribution in [1.82, 2.24) is 0 Å². The first kappa shape index (κ1) is 20.0. The fourth-order valence-electron chi connectivity index (χ4n) is 3.97. The summed E-state index contributed by atoms with van der Waals surface area (Å²) in [6.07, 6.45) is 1.66. The molecule has 5 heteroatoms. The van der Waals surface area contributed by atoms with Gasteiger partial charge in [0.15, 0.2) is 0 Å². The molecule has 3 nitrogen and oxygen atoms in total. The minimum absolute atomic E-state index is 0.214. The lowest BCUT2D eigenvalue weighted by Crippen LogP contribution is -2.16. The molecular formula is C27H16ClFN2O. The molecule has 5 rings (SSSR count). The SMILES string of the molecule is N#CC1=C(/N=C/c2ccccc2)Oc2c(cc(Cl)c3ccccc23)C1c1ccc(F)cc1. The topological polar surface area (TPSA) is 45.4 Å². The van der Waals surface area contributed by atoms with Crippen LogP contribution >= 0.6 is 11.6 Å². The van der Waals surface area contributed by atoms with Crippen molar-refractivity contribution in [3.05, 3.63) is 124 Å². The molecule has 0 bridgehead atoms. The van der Waals surface area contributed by atoms with Gasteiger partial charge in [-0.15, -0.1) is 0 Å². The molecule has 0 aromatic heterocycles. The third-order valence-electron chi connectivity index (χ3n) is 5.46. The fraction of sp³-hybridized carbons (Fsp3) is 0.0370. The van der Waals surface area contributed by atoms with E-state index in [2.05, 4.69) is 11.1 Å². The largest absolute Gasteiger partial charge is 0.437 e. The van der Waals surface area contributed by atoms with Crippen molar-refractivity contribution >= 4 is 28.6 Å². The Morgan fingerprint density at radius 2 is 1.62 bits per heavy atom. The number of hydrogen-bond donors (Lipinski definition) is 0. The van der Waals surface area contributed by atoms with Gasteiger partial charge in [0.2, 0.25) is 5.88 Å². The Labute approximate surface area is 189 Å². The molecule has 1 aliphatic heterocycles. The number of aliphatic imine (C=N–C) groups is 1. The van der Waals surface area contributed by atoms with E-state index in [1.54, 1.807) is 18.3 Å². The van der Waals surface area contributed by atoms with Crippen molar-refractivity contribution in [1.29, 1.82) is 5.26 Å². The summed E-state index contributed by atoms with van der Waals surface area (Å²) in [7, 11) is 0. The Bertz CT molecular complexity index is 1420. The van der Waals surface area contributed by atoms with Crippen LogP contribution in [0.5, 0.6) is 5.75 Å². The molecule has 1 aliphatic rings. The second-order valence-corrected chi connectivity index (χ2v) is 7.82. The molecular weight excluding hydrogens is 423 g/mol. The molecule has 1 heterocycles. The van der Waals surface area contributed by atoms with Gasteiger partial charge in [0, 0.05) is 27.6 Å². The molecule has 0 saturated heterocycles. The van der Waals surface area contributed by atoms with Gasteiger partial charge in [0.1, 0.15) is 23.2 Å². The summed E-state index contributed by atoms with van der Waals surface area (Å²) in [5, 5.41) is 12.3. The zero-order valence-electron chi connectivity index (χ0n) is 16.8. The number of hydrogen-bond acceptors (Lipinski definition) is 3. The van der Waals surface area contributed by atoms with E-state index < -0.39 is 5.92 Å². The number of allylic oxidation sites excluding steroid dienone is 1. The maximum Gasteiger partial charge on any atom is 0.234 e. The first-order valence-corrected chi connectivity index (χ1v) is 10.4. The van der Waals surface area contributed by atoms with Crippen LogP contribution in [0.25, 0.3) is 10.8 Å². The summed E-state index contributed by atoms with van der Waals surface area (Å²) in [5.74, 6) is -0.0269. The fourth-order valence-corrected chi connectivity index (χ4v) is 4.25. The van der Waals surface area contributed by atoms with E-state index in [1.165, 1.54) is 12.1 Å². The number of ether oxygens (including phenoxy) is 1. The second kappa shape index (κ2) is 8.30. The lowest BCUT2D eigenvalue weighted by atomic mass is 9.82. The number of fused-ring (bicyclic) bond motifs is 3. The van der Waals surface area contributed by atoms with Crippen molar-refractivity contribution in [2.24, 2.45) is 4.99 Å². The Kier molecular flexibility index (Phi) is 5.18. The molecule has 1 unspecified atom stereocenters. The van der Waals surface area contributed by atoms with Gasteiger partial charge in [-0.25, -0.2) is 9.38 Å². The van der Waals surface area contributed by atoms with Crippen LogP contribution < -0.4 is 4.74 Å². The third kappa shape index (κ3) is 3.53. The van der Waals surface area contributed by atoms with Gasteiger partial charge < -0.3 is 4.74 Å². The molecule has 4 aromatic carbocycles. The molecule has 0 amide bonds. The maximum absolute atomic E-state index is 13.6. The molecule has 0 aliphatic carbocycles. The first-order chi connectivity index (χ1) is 15.7. The van der Waals surface area contributed by atoms with Crippen molar-refractivity contribution in [3.8, 4) is 11.8 Å². The molecule has 0 fully saturated rings. The lowest BCUT2D eigenvalue weighted by Gasteiger charge is -2.28. The average molecular weight is 439 g/mol. The molecule has 0 radical (unpaired) electrons. The van der Waals surface area contributed by atoms with E-state index in [-0.39, 0.29) is 11.7 Å². The van der Waals surface area contributed by atoms with E-state index >= 15 is 0 Å². The zero-order valence-corrected chi connectivity index (χ0v) is 17.6. The summed E-state index contributed by atoms with van der Waals surface area (Å²) in [5.41, 5.74) is 2.72. The Morgan fingerprint density at radius 3 is 2.34 bits per heavy atom. The highest BCUT2D eigenvalue weighted by Gasteiger charge is 2.33. The average Bonchev–Trinajstić information content (AvgIpc) is 2.83. The normalized spacial score (nSPS) is 15.5. The Balaban J connectivity index is 1.75. The van der Waals surface area contributed by atoms with Crippen LogP contribution in [0.3, 0.4) is 0 Å². The van der Waals surface area contributed by atoms with Crippen molar-refractivity contribution in [3.63, 3.8) is 0 Å². The van der Waals surface area contributed by atoms with Crippen LogP contribution in [0.1, 0.15) is 22.6 Å². The molecule has 0 N–H and O–H groups in total. The predicted octanol–water partition coefficient (Wildman–Crippen LogP) is 7.01. The van der Waals surface area contributed by atoms with Crippen LogP contribution in [0.2, 0.25) is 5.02 Å². The van der Waals surface area contributed by atoms with Crippen molar-refractivity contribution < 1.29 is 9.13 Å². The minimum atomic E-state index is -0.491. The molecule has 1 atom stereocenters. The number of halogens is 2. The number of benzene rings is 4. The lowest BCUT2D eigenvalue weighted by molar-refractivity contribution is 0.400. The molecule has 0 spiro atoms. The van der Waals surface area contributed by atoms with E-state index in [0.29, 0.717) is 16.3 Å².